The first kappa shape index (κ1) is 30.4. The quantitative estimate of drug-likeness (QED) is 0.331. The van der Waals surface area contributed by atoms with Gasteiger partial charge in [-0.2, -0.15) is 0 Å². The Bertz CT molecular complexity index is 1790. The number of fused-ring (bicyclic) bond motifs is 1. The van der Waals surface area contributed by atoms with Crippen LogP contribution in [0.15, 0.2) is 76.9 Å². The number of benzene rings is 2. The predicted octanol–water partition coefficient (Wildman–Crippen LogP) is 3.86. The van der Waals surface area contributed by atoms with Crippen molar-refractivity contribution >= 4 is 23.6 Å². The number of piperidine rings is 1. The van der Waals surface area contributed by atoms with Crippen molar-refractivity contribution in [2.24, 2.45) is 11.8 Å². The number of imide groups is 2. The zero-order valence-corrected chi connectivity index (χ0v) is 26.3. The lowest BCUT2D eigenvalue weighted by molar-refractivity contribution is -0.151. The van der Waals surface area contributed by atoms with Crippen LogP contribution in [0.3, 0.4) is 0 Å². The molecule has 1 aromatic heterocycles. The van der Waals surface area contributed by atoms with Crippen LogP contribution in [0, 0.1) is 18.8 Å². The number of allylic oxidation sites excluding steroid dienone is 1. The molecule has 3 aromatic rings. The molecule has 2 N–H and O–H groups in total. The minimum Gasteiger partial charge on any atom is -0.490 e. The highest BCUT2D eigenvalue weighted by Crippen LogP contribution is 2.37. The van der Waals surface area contributed by atoms with Crippen LogP contribution in [-0.4, -0.2) is 56.9 Å². The number of nitrogens with one attached hydrogen (secondary N) is 2. The van der Waals surface area contributed by atoms with Gasteiger partial charge in [-0.1, -0.05) is 49.3 Å². The zero-order valence-electron chi connectivity index (χ0n) is 26.3. The Morgan fingerprint density at radius 2 is 1.57 bits per heavy atom. The molecule has 2 saturated heterocycles. The summed E-state index contributed by atoms with van der Waals surface area (Å²) in [6.07, 6.45) is 7.33. The number of aryl methyl sites for hydroxylation is 1. The first-order valence-electron chi connectivity index (χ1n) is 15.8. The van der Waals surface area contributed by atoms with Gasteiger partial charge in [0, 0.05) is 43.3 Å². The second kappa shape index (κ2) is 11.8. The monoisotopic (exact) mass is 637 g/mol. The molecule has 3 atom stereocenters. The van der Waals surface area contributed by atoms with Gasteiger partial charge in [0.2, 0.25) is 29.5 Å². The summed E-state index contributed by atoms with van der Waals surface area (Å²) in [7, 11) is 0. The molecule has 12 heteroatoms. The van der Waals surface area contributed by atoms with Crippen LogP contribution < -0.4 is 20.1 Å². The van der Waals surface area contributed by atoms with Gasteiger partial charge in [-0.05, 0) is 54.0 Å². The molecule has 2 aliphatic heterocycles. The van der Waals surface area contributed by atoms with Crippen molar-refractivity contribution in [1.82, 2.24) is 25.7 Å². The summed E-state index contributed by atoms with van der Waals surface area (Å²) in [5.41, 5.74) is 2.79. The number of likely N-dealkylation sites (tertiary alicyclic amines) is 1. The van der Waals surface area contributed by atoms with E-state index in [0.717, 1.165) is 40.3 Å². The van der Waals surface area contributed by atoms with Gasteiger partial charge in [-0.15, -0.1) is 5.10 Å². The summed E-state index contributed by atoms with van der Waals surface area (Å²) in [5, 5.41) is 13.3. The molecule has 4 aliphatic rings. The molecule has 2 aromatic carbocycles. The van der Waals surface area contributed by atoms with Crippen LogP contribution >= 0.6 is 0 Å². The lowest BCUT2D eigenvalue weighted by Crippen LogP contribution is -2.54. The number of amides is 4. The van der Waals surface area contributed by atoms with Crippen LogP contribution in [0.5, 0.6) is 17.6 Å². The molecule has 3 heterocycles. The summed E-state index contributed by atoms with van der Waals surface area (Å²) in [6, 6.07) is 15.2. The van der Waals surface area contributed by atoms with Gasteiger partial charge in [-0.25, -0.2) is 0 Å². The van der Waals surface area contributed by atoms with Crippen molar-refractivity contribution in [2.45, 2.75) is 70.1 Å². The fraction of sp³-hybridized carbons (Fsp3) is 0.371. The second-order valence-corrected chi connectivity index (χ2v) is 13.0. The van der Waals surface area contributed by atoms with E-state index in [4.69, 9.17) is 13.9 Å². The lowest BCUT2D eigenvalue weighted by atomic mass is 9.78. The van der Waals surface area contributed by atoms with E-state index in [0.29, 0.717) is 11.6 Å². The molecule has 12 nitrogen and oxygen atoms in total. The number of rotatable bonds is 9. The van der Waals surface area contributed by atoms with E-state index in [1.54, 1.807) is 19.1 Å². The number of hydrogen-bond acceptors (Lipinski definition) is 10. The van der Waals surface area contributed by atoms with Crippen LogP contribution in [0.25, 0.3) is 0 Å². The standard InChI is InChI=1S/C35H35N5O7/c1-19-38-39-34(45-19)47-25-11-6-21(7-12-25)35(2,3)20-4-9-24(10-5-20)46-26-16-23(17-26)36-22-8-13-27-28(18-22)33(44)40(32(27)43)29-14-15-30(41)37-31(29)42/h4-13,18,23,26-29,36H,14-17H2,1-3H3,(H,37,41,42)/t23?,26?,27-,28-,29-/m1/s1. The average molecular weight is 638 g/mol. The van der Waals surface area contributed by atoms with Gasteiger partial charge in [0.15, 0.2) is 0 Å². The van der Waals surface area contributed by atoms with E-state index >= 15 is 0 Å². The van der Waals surface area contributed by atoms with Crippen LogP contribution in [0.4, 0.5) is 0 Å². The Morgan fingerprint density at radius 1 is 0.915 bits per heavy atom. The maximum Gasteiger partial charge on any atom is 0.420 e. The third-order valence-corrected chi connectivity index (χ3v) is 9.43. The summed E-state index contributed by atoms with van der Waals surface area (Å²) in [4.78, 5) is 51.1. The highest BCUT2D eigenvalue weighted by atomic mass is 16.6. The Labute approximate surface area is 271 Å². The number of ether oxygens (including phenoxy) is 2. The maximum absolute atomic E-state index is 13.2. The fourth-order valence-electron chi connectivity index (χ4n) is 6.59. The molecule has 0 unspecified atom stereocenters. The number of aromatic nitrogens is 2. The maximum atomic E-state index is 13.2. The normalized spacial score (nSPS) is 25.6. The molecule has 47 heavy (non-hydrogen) atoms. The van der Waals surface area contributed by atoms with Gasteiger partial charge in [0.25, 0.3) is 0 Å². The van der Waals surface area contributed by atoms with Gasteiger partial charge < -0.3 is 19.2 Å². The third-order valence-electron chi connectivity index (χ3n) is 9.43. The zero-order chi connectivity index (χ0) is 32.9. The van der Waals surface area contributed by atoms with Gasteiger partial charge in [-0.3, -0.25) is 29.4 Å². The SMILES string of the molecule is Cc1nnc(Oc2ccc(C(C)(C)c3ccc(OC4CC(NC5=C[C@H]6C(=O)N([C@@H]7CCC(=O)NC7=O)C(=O)[C@@H]6C=C5)C4)cc3)cc2)o1. The van der Waals surface area contributed by atoms with Crippen molar-refractivity contribution in [3.05, 3.63) is 89.5 Å². The van der Waals surface area contributed by atoms with Crippen molar-refractivity contribution in [1.29, 1.82) is 0 Å². The van der Waals surface area contributed by atoms with E-state index in [-0.39, 0.29) is 42.4 Å². The molecule has 242 valence electrons. The summed E-state index contributed by atoms with van der Waals surface area (Å²) >= 11 is 0. The topological polar surface area (TPSA) is 153 Å². The first-order valence-corrected chi connectivity index (χ1v) is 15.8. The number of carbonyl (C=O) groups is 4. The summed E-state index contributed by atoms with van der Waals surface area (Å²) in [6.45, 7) is 6.04. The molecule has 1 saturated carbocycles. The van der Waals surface area contributed by atoms with E-state index in [2.05, 4.69) is 46.8 Å². The van der Waals surface area contributed by atoms with E-state index in [9.17, 15) is 19.2 Å². The minimum absolute atomic E-state index is 0.0557. The number of carbonyl (C=O) groups excluding carboxylic acids is 4. The van der Waals surface area contributed by atoms with Crippen molar-refractivity contribution in [3.63, 3.8) is 0 Å². The minimum atomic E-state index is -0.943. The molecule has 0 radical (unpaired) electrons. The van der Waals surface area contributed by atoms with Crippen molar-refractivity contribution < 1.29 is 33.1 Å². The van der Waals surface area contributed by atoms with E-state index in [1.165, 1.54) is 0 Å². The fourth-order valence-corrected chi connectivity index (χ4v) is 6.59. The van der Waals surface area contributed by atoms with Crippen molar-refractivity contribution in [3.8, 4) is 17.6 Å². The first-order chi connectivity index (χ1) is 22.5. The molecule has 0 spiro atoms. The molecule has 0 bridgehead atoms. The van der Waals surface area contributed by atoms with Crippen molar-refractivity contribution in [2.75, 3.05) is 0 Å². The average Bonchev–Trinajstić information content (AvgIpc) is 3.55. The summed E-state index contributed by atoms with van der Waals surface area (Å²) in [5.74, 6) is -1.23. The Kier molecular flexibility index (Phi) is 7.65. The van der Waals surface area contributed by atoms with Gasteiger partial charge in [0.1, 0.15) is 23.6 Å². The van der Waals surface area contributed by atoms with Gasteiger partial charge in [0.05, 0.1) is 11.8 Å². The molecule has 3 fully saturated rings. The highest BCUT2D eigenvalue weighted by molar-refractivity contribution is 6.12. The van der Waals surface area contributed by atoms with Gasteiger partial charge >= 0.3 is 6.08 Å². The number of nitrogens with zero attached hydrogens (tertiary/aromatic N) is 3. The highest BCUT2D eigenvalue weighted by Gasteiger charge is 2.51. The van der Waals surface area contributed by atoms with E-state index in [1.807, 2.05) is 42.5 Å². The smallest absolute Gasteiger partial charge is 0.420 e. The summed E-state index contributed by atoms with van der Waals surface area (Å²) < 4.78 is 17.2. The third kappa shape index (κ3) is 5.91. The molecular weight excluding hydrogens is 602 g/mol. The Hall–Kier alpha value is -5.26. The van der Waals surface area contributed by atoms with E-state index < -0.39 is 35.6 Å². The predicted molar refractivity (Wildman–Crippen MR) is 167 cm³/mol. The molecule has 4 amide bonds. The van der Waals surface area contributed by atoms with Crippen LogP contribution in [-0.2, 0) is 24.6 Å². The lowest BCUT2D eigenvalue weighted by Gasteiger charge is -2.37. The molecular formula is C35H35N5O7. The Balaban J connectivity index is 0.907. The van der Waals surface area contributed by atoms with Crippen LogP contribution in [0.1, 0.15) is 56.5 Å². The number of hydrogen-bond donors (Lipinski definition) is 2. The van der Waals surface area contributed by atoms with Crippen LogP contribution in [0.2, 0.25) is 0 Å². The Morgan fingerprint density at radius 3 is 2.21 bits per heavy atom. The largest absolute Gasteiger partial charge is 0.490 e. The molecule has 7 rings (SSSR count). The molecule has 2 aliphatic carbocycles. The second-order valence-electron chi connectivity index (χ2n) is 13.0.